The molecule has 2 atom stereocenters. The Balaban J connectivity index is 1.54. The van der Waals surface area contributed by atoms with E-state index in [9.17, 15) is 9.59 Å². The van der Waals surface area contributed by atoms with E-state index in [0.717, 1.165) is 11.3 Å². The number of ether oxygens (including phenoxy) is 1. The Kier molecular flexibility index (Phi) is 4.80. The number of carbonyl (C=O) groups excluding carboxylic acids is 2. The molecule has 8 heteroatoms. The van der Waals surface area contributed by atoms with Gasteiger partial charge >= 0.3 is 6.03 Å². The van der Waals surface area contributed by atoms with E-state index in [-0.39, 0.29) is 11.9 Å². The molecule has 1 saturated heterocycles. The third-order valence-corrected chi connectivity index (χ3v) is 5.49. The highest BCUT2D eigenvalue weighted by Gasteiger charge is 2.54. The number of urea groups is 1. The van der Waals surface area contributed by atoms with E-state index in [4.69, 9.17) is 9.73 Å². The molecule has 3 amide bonds. The number of allylic oxidation sites excluding steroid dienone is 1. The Morgan fingerprint density at radius 3 is 2.57 bits per heavy atom. The summed E-state index contributed by atoms with van der Waals surface area (Å²) in [7, 11) is 3.37. The third kappa shape index (κ3) is 2.93. The minimum Gasteiger partial charge on any atom is -0.383 e. The van der Waals surface area contributed by atoms with E-state index in [0.29, 0.717) is 32.1 Å². The third-order valence-electron chi connectivity index (χ3n) is 5.49. The molecule has 3 aliphatic heterocycles. The SMILES string of the molecule is COCCN1C(C)=CN2C1=NC1C2C(=O)N(CCc2ccccc2)C(=O)N1C. The van der Waals surface area contributed by atoms with Crippen molar-refractivity contribution < 1.29 is 14.3 Å². The molecule has 3 heterocycles. The fourth-order valence-electron chi connectivity index (χ4n) is 3.95. The van der Waals surface area contributed by atoms with Gasteiger partial charge in [-0.15, -0.1) is 0 Å². The summed E-state index contributed by atoms with van der Waals surface area (Å²) in [5.74, 6) is 0.517. The molecule has 0 saturated carbocycles. The minimum absolute atomic E-state index is 0.194. The van der Waals surface area contributed by atoms with E-state index in [2.05, 4.69) is 0 Å². The highest BCUT2D eigenvalue weighted by molar-refractivity contribution is 6.04. The van der Waals surface area contributed by atoms with E-state index in [1.54, 1.807) is 19.1 Å². The largest absolute Gasteiger partial charge is 0.383 e. The predicted molar refractivity (Wildman–Crippen MR) is 104 cm³/mol. The number of imide groups is 1. The molecule has 28 heavy (non-hydrogen) atoms. The van der Waals surface area contributed by atoms with Crippen molar-refractivity contribution in [3.63, 3.8) is 0 Å². The van der Waals surface area contributed by atoms with Gasteiger partial charge in [0.05, 0.1) is 6.61 Å². The first-order valence-electron chi connectivity index (χ1n) is 9.46. The van der Waals surface area contributed by atoms with Crippen molar-refractivity contribution in [3.05, 3.63) is 47.8 Å². The molecule has 4 rings (SSSR count). The highest BCUT2D eigenvalue weighted by atomic mass is 16.5. The molecule has 1 fully saturated rings. The molecule has 0 spiro atoms. The predicted octanol–water partition coefficient (Wildman–Crippen LogP) is 1.31. The molecular formula is C20H25N5O3. The number of rotatable bonds is 6. The van der Waals surface area contributed by atoms with Crippen LogP contribution in [0.5, 0.6) is 0 Å². The second-order valence-electron chi connectivity index (χ2n) is 7.23. The van der Waals surface area contributed by atoms with Gasteiger partial charge in [0.15, 0.2) is 12.2 Å². The number of amides is 3. The standard InChI is InChI=1S/C20H25N5O3/c1-14-13-25-16-17(21-19(25)23(14)11-12-28-3)22(2)20(27)24(18(16)26)10-9-15-7-5-4-6-8-15/h4-8,13,16-17H,9-12H2,1-3H3. The number of likely N-dealkylation sites (N-methyl/N-ethyl adjacent to an activating group) is 1. The summed E-state index contributed by atoms with van der Waals surface area (Å²) in [5, 5.41) is 0. The summed E-state index contributed by atoms with van der Waals surface area (Å²) in [4.78, 5) is 37.6. The maximum absolute atomic E-state index is 13.2. The lowest BCUT2D eigenvalue weighted by molar-refractivity contribution is -0.136. The molecule has 8 nitrogen and oxygen atoms in total. The lowest BCUT2D eigenvalue weighted by Crippen LogP contribution is -2.64. The van der Waals surface area contributed by atoms with Crippen molar-refractivity contribution in [2.45, 2.75) is 25.6 Å². The zero-order valence-electron chi connectivity index (χ0n) is 16.4. The molecule has 2 unspecified atom stereocenters. The average molecular weight is 383 g/mol. The monoisotopic (exact) mass is 383 g/mol. The zero-order valence-corrected chi connectivity index (χ0v) is 16.4. The smallest absolute Gasteiger partial charge is 0.328 e. The van der Waals surface area contributed by atoms with Gasteiger partial charge in [-0.2, -0.15) is 0 Å². The normalized spacial score (nSPS) is 23.8. The van der Waals surface area contributed by atoms with Crippen LogP contribution in [0.4, 0.5) is 4.79 Å². The minimum atomic E-state index is -0.518. The van der Waals surface area contributed by atoms with Gasteiger partial charge in [-0.25, -0.2) is 9.79 Å². The number of aliphatic imine (C=N–C) groups is 1. The van der Waals surface area contributed by atoms with Crippen LogP contribution in [0.2, 0.25) is 0 Å². The van der Waals surface area contributed by atoms with Gasteiger partial charge in [-0.3, -0.25) is 9.69 Å². The number of hydrogen-bond donors (Lipinski definition) is 0. The molecule has 1 aromatic carbocycles. The topological polar surface area (TPSA) is 68.7 Å². The van der Waals surface area contributed by atoms with Gasteiger partial charge in [-0.1, -0.05) is 30.3 Å². The number of fused-ring (bicyclic) bond motifs is 3. The van der Waals surface area contributed by atoms with Gasteiger partial charge in [0, 0.05) is 39.1 Å². The Morgan fingerprint density at radius 2 is 1.86 bits per heavy atom. The quantitative estimate of drug-likeness (QED) is 0.741. The second-order valence-corrected chi connectivity index (χ2v) is 7.23. The number of nitrogens with zero attached hydrogens (tertiary/aromatic N) is 5. The van der Waals surface area contributed by atoms with Crippen molar-refractivity contribution in [3.8, 4) is 0 Å². The molecule has 0 radical (unpaired) electrons. The van der Waals surface area contributed by atoms with Crippen LogP contribution >= 0.6 is 0 Å². The first-order valence-corrected chi connectivity index (χ1v) is 9.46. The first-order chi connectivity index (χ1) is 13.5. The summed E-state index contributed by atoms with van der Waals surface area (Å²) in [6.45, 7) is 3.55. The fraction of sp³-hybridized carbons (Fsp3) is 0.450. The maximum Gasteiger partial charge on any atom is 0.328 e. The van der Waals surface area contributed by atoms with Gasteiger partial charge in [0.2, 0.25) is 5.96 Å². The summed E-state index contributed by atoms with van der Waals surface area (Å²) in [5.41, 5.74) is 2.11. The molecule has 0 N–H and O–H groups in total. The van der Waals surface area contributed by atoms with Gasteiger partial charge in [0.25, 0.3) is 5.91 Å². The number of benzene rings is 1. The molecule has 1 aromatic rings. The number of methoxy groups -OCH3 is 1. The summed E-state index contributed by atoms with van der Waals surface area (Å²) >= 11 is 0. The summed E-state index contributed by atoms with van der Waals surface area (Å²) in [6, 6.07) is 9.06. The van der Waals surface area contributed by atoms with Crippen molar-refractivity contribution in [1.29, 1.82) is 0 Å². The van der Waals surface area contributed by atoms with Crippen LogP contribution in [-0.2, 0) is 16.0 Å². The molecule has 148 valence electrons. The average Bonchev–Trinajstić information content (AvgIpc) is 3.20. The first kappa shape index (κ1) is 18.5. The molecule has 0 bridgehead atoms. The Morgan fingerprint density at radius 1 is 1.11 bits per heavy atom. The van der Waals surface area contributed by atoms with Gasteiger partial charge in [-0.05, 0) is 18.9 Å². The second kappa shape index (κ2) is 7.27. The van der Waals surface area contributed by atoms with Crippen molar-refractivity contribution in [2.24, 2.45) is 4.99 Å². The molecular weight excluding hydrogens is 358 g/mol. The fourth-order valence-corrected chi connectivity index (χ4v) is 3.95. The van der Waals surface area contributed by atoms with Crippen LogP contribution in [0, 0.1) is 0 Å². The molecule has 0 aromatic heterocycles. The van der Waals surface area contributed by atoms with E-state index >= 15 is 0 Å². The van der Waals surface area contributed by atoms with Crippen LogP contribution in [0.25, 0.3) is 0 Å². The number of hydrogen-bond acceptors (Lipinski definition) is 6. The highest BCUT2D eigenvalue weighted by Crippen LogP contribution is 2.33. The summed E-state index contributed by atoms with van der Waals surface area (Å²) < 4.78 is 5.19. The van der Waals surface area contributed by atoms with E-state index < -0.39 is 12.2 Å². The lowest BCUT2D eigenvalue weighted by Gasteiger charge is -2.40. The Hall–Kier alpha value is -2.87. The lowest BCUT2D eigenvalue weighted by atomic mass is 10.1. The number of guanidine groups is 1. The number of carbonyl (C=O) groups is 2. The van der Waals surface area contributed by atoms with Gasteiger partial charge in [0.1, 0.15) is 0 Å². The van der Waals surface area contributed by atoms with Gasteiger partial charge < -0.3 is 19.4 Å². The van der Waals surface area contributed by atoms with Crippen molar-refractivity contribution in [1.82, 2.24) is 19.6 Å². The van der Waals surface area contributed by atoms with E-state index in [1.165, 1.54) is 4.90 Å². The van der Waals surface area contributed by atoms with Crippen LogP contribution in [0.15, 0.2) is 47.2 Å². The zero-order chi connectivity index (χ0) is 19.8. The van der Waals surface area contributed by atoms with Crippen LogP contribution in [0.1, 0.15) is 12.5 Å². The van der Waals surface area contributed by atoms with Crippen molar-refractivity contribution in [2.75, 3.05) is 33.9 Å². The summed E-state index contributed by atoms with van der Waals surface area (Å²) in [6.07, 6.45) is 2.07. The molecule has 0 aliphatic carbocycles. The molecule has 3 aliphatic rings. The Labute approximate surface area is 164 Å². The van der Waals surface area contributed by atoms with Crippen LogP contribution < -0.4 is 0 Å². The van der Waals surface area contributed by atoms with E-state index in [1.807, 2.05) is 53.3 Å². The van der Waals surface area contributed by atoms with Crippen molar-refractivity contribution >= 4 is 17.9 Å². The Bertz CT molecular complexity index is 838. The van der Waals surface area contributed by atoms with Crippen LogP contribution in [0.3, 0.4) is 0 Å². The maximum atomic E-state index is 13.2. The van der Waals surface area contributed by atoms with Crippen LogP contribution in [-0.4, -0.2) is 83.6 Å².